The fraction of sp³-hybridized carbons (Fsp3) is 0.506. The highest BCUT2D eigenvalue weighted by molar-refractivity contribution is 6.13. The van der Waals surface area contributed by atoms with Gasteiger partial charge in [0.15, 0.2) is 47.7 Å². The van der Waals surface area contributed by atoms with E-state index in [-0.39, 0.29) is 199 Å². The van der Waals surface area contributed by atoms with Crippen molar-refractivity contribution in [3.05, 3.63) is 125 Å². The molecule has 124 heavy (non-hydrogen) atoms. The van der Waals surface area contributed by atoms with E-state index in [9.17, 15) is 99.0 Å². The number of nitrogens with two attached hydrogens (primary N) is 1. The van der Waals surface area contributed by atoms with Gasteiger partial charge in [0, 0.05) is 56.9 Å². The number of benzene rings is 4. The number of aliphatic hydroxyl groups excluding tert-OH is 8. The topological polar surface area (TPSA) is 578 Å². The third-order valence-electron chi connectivity index (χ3n) is 20.9. The number of carboxylic acids is 2. The smallest absolute Gasteiger partial charge is 0.416 e. The summed E-state index contributed by atoms with van der Waals surface area (Å²) in [7, 11) is 2.69. The number of hydrogen-bond acceptors (Lipinski definition) is 34. The van der Waals surface area contributed by atoms with Gasteiger partial charge >= 0.3 is 30.2 Å². The van der Waals surface area contributed by atoms with Crippen molar-refractivity contribution in [1.82, 2.24) is 20.0 Å². The second kappa shape index (κ2) is 43.3. The number of anilines is 3. The van der Waals surface area contributed by atoms with E-state index in [1.54, 1.807) is 0 Å². The monoisotopic (exact) mass is 1740 g/mol. The molecule has 4 aromatic carbocycles. The molecule has 0 unspecified atom stereocenters. The Morgan fingerprint density at radius 3 is 1.48 bits per heavy atom. The van der Waals surface area contributed by atoms with Crippen LogP contribution in [0.4, 0.5) is 31.4 Å². The molecule has 4 aromatic rings. The molecule has 0 bridgehead atoms. The third kappa shape index (κ3) is 22.6. The lowest BCUT2D eigenvalue weighted by Gasteiger charge is -2.38. The fourth-order valence-electron chi connectivity index (χ4n) is 14.5. The highest BCUT2D eigenvalue weighted by Crippen LogP contribution is 2.45. The van der Waals surface area contributed by atoms with E-state index in [4.69, 9.17) is 76.8 Å². The molecule has 15 atom stereocenters. The molecule has 43 nitrogen and oxygen atoms in total. The summed E-state index contributed by atoms with van der Waals surface area (Å²) in [5, 5.41) is 111. The first kappa shape index (κ1) is 93.3. The molecular weight excluding hydrogens is 1640 g/mol. The van der Waals surface area contributed by atoms with Gasteiger partial charge in [0.2, 0.25) is 18.5 Å². The van der Waals surface area contributed by atoms with Crippen molar-refractivity contribution in [3.63, 3.8) is 0 Å². The lowest BCUT2D eigenvalue weighted by molar-refractivity contribution is -0.271. The molecule has 14 N–H and O–H groups in total. The van der Waals surface area contributed by atoms with Crippen molar-refractivity contribution in [3.8, 4) is 34.5 Å². The number of methoxy groups -OCH3 is 2. The third-order valence-corrected chi connectivity index (χ3v) is 20.9. The van der Waals surface area contributed by atoms with Gasteiger partial charge in [0.1, 0.15) is 61.3 Å². The molecule has 0 radical (unpaired) electrons. The molecule has 7 aliphatic rings. The standard InChI is InChI=1S/C81H100N8O35/c1-42-30-53-73(101)88(80(108)119-40-44-8-11-47(12-9-44)121-77-67(97)63(93)65(95)69(123-77)75(103)104)51-35-58(56(110-3)33-48(51)71(99)85(53)38-42)116-19-6-5-7-20-117-59-36-52-49(34-57(59)111-4)72(100)86-39-43(2)31-54(86)74(102)89(52)81(109)120-41-45-10-13-55(122-78-68(98)64(94)66(96)70(124-78)76(105)106)50(32-45)84-60(90)17-21-112-24-26-114-28-29-115-27-25-113-23-18-83-79(107)118-22-16-46(37-82)87-61(91)14-15-62(87)92/h8-15,32-36,46,53-54,63-70,73-74,77-78,93-98,101-102H,1-2,5-7,16-31,37-41,82H2,3-4H3,(H,83,107)(H,84,90)(H,103,104)(H,105,106)/t46-,53+,54+,63+,64+,65+,66+,67-,68-,69+,70+,73+,74+,77-,78-/m1/s1. The van der Waals surface area contributed by atoms with E-state index < -0.39 is 158 Å². The van der Waals surface area contributed by atoms with E-state index in [0.717, 1.165) is 26.9 Å². The number of aliphatic hydroxyl groups is 8. The van der Waals surface area contributed by atoms with E-state index in [0.29, 0.717) is 36.0 Å². The van der Waals surface area contributed by atoms with Crippen LogP contribution in [0.3, 0.4) is 0 Å². The van der Waals surface area contributed by atoms with Crippen LogP contribution in [0.1, 0.15) is 76.8 Å². The Morgan fingerprint density at radius 1 is 0.524 bits per heavy atom. The second-order valence-corrected chi connectivity index (χ2v) is 29.4. The zero-order chi connectivity index (χ0) is 89.2. The zero-order valence-corrected chi connectivity index (χ0v) is 67.5. The van der Waals surface area contributed by atoms with E-state index in [1.165, 1.54) is 90.7 Å². The Morgan fingerprint density at radius 2 is 0.992 bits per heavy atom. The Labute approximate surface area is 708 Å². The number of amides is 8. The quantitative estimate of drug-likeness (QED) is 0.0122. The number of ether oxygens (including phenoxy) is 15. The Hall–Kier alpha value is -11.4. The summed E-state index contributed by atoms with van der Waals surface area (Å²) < 4.78 is 84.8. The average Bonchev–Trinajstić information content (AvgIpc) is 1.60. The van der Waals surface area contributed by atoms with Crippen LogP contribution in [-0.4, -0.2) is 331 Å². The first-order chi connectivity index (χ1) is 59.5. The number of nitrogens with one attached hydrogen (secondary N) is 2. The van der Waals surface area contributed by atoms with Gasteiger partial charge in [-0.15, -0.1) is 0 Å². The molecule has 4 saturated heterocycles. The number of rotatable bonds is 41. The van der Waals surface area contributed by atoms with Gasteiger partial charge in [-0.05, 0) is 79.6 Å². The van der Waals surface area contributed by atoms with Crippen LogP contribution in [0, 0.1) is 0 Å². The van der Waals surface area contributed by atoms with Crippen LogP contribution in [0.15, 0.2) is 103 Å². The van der Waals surface area contributed by atoms with Crippen molar-refractivity contribution >= 4 is 76.8 Å². The first-order valence-electron chi connectivity index (χ1n) is 39.6. The molecule has 4 fully saturated rings. The lowest BCUT2D eigenvalue weighted by atomic mass is 9.99. The van der Waals surface area contributed by atoms with Crippen molar-refractivity contribution < 1.29 is 170 Å². The maximum Gasteiger partial charge on any atom is 0.416 e. The van der Waals surface area contributed by atoms with Gasteiger partial charge in [0.25, 0.3) is 23.6 Å². The van der Waals surface area contributed by atoms with Gasteiger partial charge in [-0.1, -0.05) is 42.5 Å². The van der Waals surface area contributed by atoms with Crippen molar-refractivity contribution in [2.24, 2.45) is 5.73 Å². The Balaban J connectivity index is 0.676. The number of carbonyl (C=O) groups excluding carboxylic acids is 8. The molecule has 7 heterocycles. The number of alkyl carbamates (subject to hydrolysis) is 1. The summed E-state index contributed by atoms with van der Waals surface area (Å²) in [6.45, 7) is 8.30. The highest BCUT2D eigenvalue weighted by Gasteiger charge is 2.52. The summed E-state index contributed by atoms with van der Waals surface area (Å²) in [5.74, 6) is -5.92. The number of unbranched alkanes of at least 4 members (excludes halogenated alkanes) is 2. The number of aliphatic carboxylic acids is 2. The van der Waals surface area contributed by atoms with Gasteiger partial charge < -0.3 is 148 Å². The minimum absolute atomic E-state index is 0.00398. The van der Waals surface area contributed by atoms with Gasteiger partial charge in [-0.25, -0.2) is 33.8 Å². The molecule has 0 saturated carbocycles. The summed E-state index contributed by atoms with van der Waals surface area (Å²) in [6.07, 6.45) is -22.1. The highest BCUT2D eigenvalue weighted by atomic mass is 16.7. The minimum Gasteiger partial charge on any atom is -0.493 e. The molecule has 43 heteroatoms. The van der Waals surface area contributed by atoms with E-state index >= 15 is 0 Å². The van der Waals surface area contributed by atoms with Crippen LogP contribution in [-0.2, 0) is 79.8 Å². The SMILES string of the molecule is C=C1C[C@H]2[C@H](O)N(C(=O)OCc3ccc(O[C@@H]4O[C@H](C(=O)O)[C@@H](O)[C@H](O)[C@H]4O)cc3)c3cc(OCCCCCOc4cc5c(cc4OC)C(=O)N4CC(=C)C[C@H]4[C@H](O)N5C(=O)OCc4ccc(O[C@@H]5O[C@H](C(=O)O)[C@@H](O)[C@H](O)[C@H]5O)c(NC(=O)CCOCCOCCOCCOCCNC(=O)OCC[C@H](CN)N5C(=O)C=CC5=O)c4)c(OC)cc3C(=O)N2C1. The molecule has 8 amide bonds. The molecule has 11 rings (SSSR count). The van der Waals surface area contributed by atoms with Crippen LogP contribution < -0.4 is 54.6 Å². The Bertz CT molecular complexity index is 4540. The number of nitrogens with zero attached hydrogens (tertiary/aromatic N) is 5. The zero-order valence-electron chi connectivity index (χ0n) is 67.5. The first-order valence-corrected chi connectivity index (χ1v) is 39.6. The number of imide groups is 1. The predicted octanol–water partition coefficient (Wildman–Crippen LogP) is 0.129. The number of carbonyl (C=O) groups is 10. The second-order valence-electron chi connectivity index (χ2n) is 29.4. The molecule has 0 aliphatic carbocycles. The lowest BCUT2D eigenvalue weighted by Crippen LogP contribution is -2.61. The van der Waals surface area contributed by atoms with E-state index in [2.05, 4.69) is 23.8 Å². The van der Waals surface area contributed by atoms with Crippen molar-refractivity contribution in [2.75, 3.05) is 128 Å². The molecule has 7 aliphatic heterocycles. The maximum absolute atomic E-state index is 14.7. The Kier molecular flexibility index (Phi) is 32.6. The van der Waals surface area contributed by atoms with Crippen LogP contribution in [0.25, 0.3) is 0 Å². The summed E-state index contributed by atoms with van der Waals surface area (Å²) in [6, 6.07) is 12.6. The largest absolute Gasteiger partial charge is 0.493 e. The van der Waals surface area contributed by atoms with Crippen LogP contribution >= 0.6 is 0 Å². The summed E-state index contributed by atoms with van der Waals surface area (Å²) >= 11 is 0. The van der Waals surface area contributed by atoms with Crippen molar-refractivity contribution in [2.45, 2.75) is 150 Å². The average molecular weight is 1750 g/mol. The maximum atomic E-state index is 14.7. The predicted molar refractivity (Wildman–Crippen MR) is 422 cm³/mol. The number of carboxylic acid groups (broad SMARTS) is 2. The molecular formula is C81H100N8O35. The molecule has 0 spiro atoms. The minimum atomic E-state index is -2.06. The van der Waals surface area contributed by atoms with Gasteiger partial charge in [-0.3, -0.25) is 28.9 Å². The van der Waals surface area contributed by atoms with Crippen LogP contribution in [0.2, 0.25) is 0 Å². The van der Waals surface area contributed by atoms with Gasteiger partial charge in [0.05, 0.1) is 140 Å². The number of fused-ring (bicyclic) bond motifs is 4. The number of hydrogen-bond donors (Lipinski definition) is 13. The molecule has 674 valence electrons. The summed E-state index contributed by atoms with van der Waals surface area (Å²) in [4.78, 5) is 137. The van der Waals surface area contributed by atoms with E-state index in [1.807, 2.05) is 0 Å². The normalized spacial score (nSPS) is 24.2. The van der Waals surface area contributed by atoms with Crippen molar-refractivity contribution in [1.29, 1.82) is 0 Å². The summed E-state index contributed by atoms with van der Waals surface area (Å²) in [5.41, 5.74) is 7.02. The molecule has 0 aromatic heterocycles. The fourth-order valence-corrected chi connectivity index (χ4v) is 14.5. The van der Waals surface area contributed by atoms with Crippen LogP contribution in [0.5, 0.6) is 34.5 Å². The van der Waals surface area contributed by atoms with Gasteiger partial charge in [-0.2, -0.15) is 0 Å².